The van der Waals surface area contributed by atoms with Crippen molar-refractivity contribution in [1.29, 1.82) is 0 Å². The normalized spacial score (nSPS) is 22.2. The topological polar surface area (TPSA) is 30.5 Å². The molecule has 1 fully saturated rings. The zero-order chi connectivity index (χ0) is 14.0. The number of hydrogen-bond acceptors (Lipinski definition) is 3. The number of ether oxygens (including phenoxy) is 2. The van der Waals surface area contributed by atoms with Gasteiger partial charge in [0.05, 0.1) is 14.2 Å². The summed E-state index contributed by atoms with van der Waals surface area (Å²) in [7, 11) is 3.40. The smallest absolute Gasteiger partial charge is 0.122 e. The molecule has 1 saturated carbocycles. The van der Waals surface area contributed by atoms with E-state index in [0.717, 1.165) is 24.0 Å². The van der Waals surface area contributed by atoms with E-state index < -0.39 is 0 Å². The number of rotatable bonds is 5. The summed E-state index contributed by atoms with van der Waals surface area (Å²) in [5, 5.41) is 3.58. The van der Waals surface area contributed by atoms with Crippen LogP contribution in [0.2, 0.25) is 0 Å². The lowest BCUT2D eigenvalue weighted by molar-refractivity contribution is 0.392. The molecule has 3 nitrogen and oxygen atoms in total. The Labute approximate surface area is 116 Å². The Morgan fingerprint density at radius 2 is 1.68 bits per heavy atom. The summed E-state index contributed by atoms with van der Waals surface area (Å²) in [4.78, 5) is 0. The molecule has 2 unspecified atom stereocenters. The molecule has 0 heterocycles. The van der Waals surface area contributed by atoms with E-state index in [-0.39, 0.29) is 5.54 Å². The summed E-state index contributed by atoms with van der Waals surface area (Å²) >= 11 is 0. The molecule has 0 aromatic heterocycles. The van der Waals surface area contributed by atoms with Gasteiger partial charge in [0, 0.05) is 11.6 Å². The van der Waals surface area contributed by atoms with Crippen molar-refractivity contribution >= 4 is 0 Å². The van der Waals surface area contributed by atoms with Crippen LogP contribution in [0.15, 0.2) is 18.2 Å². The Bertz CT molecular complexity index is 415. The van der Waals surface area contributed by atoms with Gasteiger partial charge in [0.15, 0.2) is 0 Å². The second-order valence-corrected chi connectivity index (χ2v) is 6.38. The van der Waals surface area contributed by atoms with E-state index in [1.54, 1.807) is 14.2 Å². The van der Waals surface area contributed by atoms with Gasteiger partial charge in [-0.2, -0.15) is 0 Å². The van der Waals surface area contributed by atoms with Gasteiger partial charge in [-0.15, -0.1) is 0 Å². The molecule has 1 aromatic rings. The molecule has 1 aliphatic rings. The van der Waals surface area contributed by atoms with Crippen molar-refractivity contribution in [1.82, 2.24) is 5.32 Å². The number of methoxy groups -OCH3 is 2. The molecule has 2 atom stereocenters. The van der Waals surface area contributed by atoms with Crippen LogP contribution in [0, 0.1) is 5.92 Å². The van der Waals surface area contributed by atoms with Crippen LogP contribution in [0.4, 0.5) is 0 Å². The second-order valence-electron chi connectivity index (χ2n) is 6.38. The van der Waals surface area contributed by atoms with Gasteiger partial charge in [-0.25, -0.2) is 0 Å². The average molecular weight is 263 g/mol. The van der Waals surface area contributed by atoms with E-state index in [4.69, 9.17) is 9.47 Å². The Balaban J connectivity index is 2.00. The molecular weight excluding hydrogens is 238 g/mol. The minimum absolute atomic E-state index is 0.194. The molecule has 2 rings (SSSR count). The lowest BCUT2D eigenvalue weighted by Gasteiger charge is -2.20. The van der Waals surface area contributed by atoms with Crippen molar-refractivity contribution in [3.05, 3.63) is 23.8 Å². The maximum Gasteiger partial charge on any atom is 0.122 e. The molecule has 0 aliphatic heterocycles. The van der Waals surface area contributed by atoms with Crippen LogP contribution in [-0.4, -0.2) is 26.3 Å². The van der Waals surface area contributed by atoms with Gasteiger partial charge in [-0.1, -0.05) is 0 Å². The highest BCUT2D eigenvalue weighted by Gasteiger charge is 2.38. The molecule has 3 heteroatoms. The molecule has 0 radical (unpaired) electrons. The highest BCUT2D eigenvalue weighted by molar-refractivity contribution is 5.42. The Kier molecular flexibility index (Phi) is 4.04. The third-order valence-corrected chi connectivity index (χ3v) is 3.62. The van der Waals surface area contributed by atoms with Crippen LogP contribution in [0.3, 0.4) is 0 Å². The van der Waals surface area contributed by atoms with Gasteiger partial charge in [-0.3, -0.25) is 0 Å². The number of hydrogen-bond donors (Lipinski definition) is 1. The van der Waals surface area contributed by atoms with E-state index in [1.807, 2.05) is 6.07 Å². The van der Waals surface area contributed by atoms with Crippen molar-refractivity contribution < 1.29 is 9.47 Å². The summed E-state index contributed by atoms with van der Waals surface area (Å²) in [6.45, 7) is 7.70. The van der Waals surface area contributed by atoms with Crippen molar-refractivity contribution in [2.75, 3.05) is 20.8 Å². The summed E-state index contributed by atoms with van der Waals surface area (Å²) < 4.78 is 10.7. The molecule has 19 heavy (non-hydrogen) atoms. The quantitative estimate of drug-likeness (QED) is 0.885. The van der Waals surface area contributed by atoms with E-state index in [1.165, 1.54) is 12.0 Å². The Hall–Kier alpha value is -1.22. The van der Waals surface area contributed by atoms with E-state index in [9.17, 15) is 0 Å². The highest BCUT2D eigenvalue weighted by Crippen LogP contribution is 2.48. The van der Waals surface area contributed by atoms with Crippen molar-refractivity contribution in [2.24, 2.45) is 5.92 Å². The molecule has 0 saturated heterocycles. The first kappa shape index (κ1) is 14.2. The van der Waals surface area contributed by atoms with Crippen LogP contribution >= 0.6 is 0 Å². The van der Waals surface area contributed by atoms with Gasteiger partial charge in [0.2, 0.25) is 0 Å². The fourth-order valence-corrected chi connectivity index (χ4v) is 2.36. The van der Waals surface area contributed by atoms with Crippen LogP contribution < -0.4 is 14.8 Å². The molecular formula is C16H25NO2. The van der Waals surface area contributed by atoms with E-state index in [2.05, 4.69) is 38.2 Å². The zero-order valence-corrected chi connectivity index (χ0v) is 12.6. The molecule has 0 spiro atoms. The van der Waals surface area contributed by atoms with Gasteiger partial charge < -0.3 is 14.8 Å². The summed E-state index contributed by atoms with van der Waals surface area (Å²) in [5.74, 6) is 3.13. The van der Waals surface area contributed by atoms with E-state index in [0.29, 0.717) is 5.92 Å². The first-order valence-corrected chi connectivity index (χ1v) is 6.91. The molecule has 106 valence electrons. The molecule has 1 aromatic carbocycles. The maximum absolute atomic E-state index is 5.33. The fraction of sp³-hybridized carbons (Fsp3) is 0.625. The highest BCUT2D eigenvalue weighted by atomic mass is 16.5. The van der Waals surface area contributed by atoms with Crippen molar-refractivity contribution in [2.45, 2.75) is 38.6 Å². The Morgan fingerprint density at radius 3 is 2.16 bits per heavy atom. The predicted octanol–water partition coefficient (Wildman–Crippen LogP) is 3.20. The number of benzene rings is 1. The lowest BCUT2D eigenvalue weighted by Crippen LogP contribution is -2.37. The monoisotopic (exact) mass is 263 g/mol. The minimum atomic E-state index is 0.194. The van der Waals surface area contributed by atoms with Crippen molar-refractivity contribution in [3.63, 3.8) is 0 Å². The second kappa shape index (κ2) is 5.41. The molecule has 1 N–H and O–H groups in total. The number of nitrogens with one attached hydrogen (secondary N) is 1. The summed E-state index contributed by atoms with van der Waals surface area (Å²) in [6.07, 6.45) is 1.25. The van der Waals surface area contributed by atoms with Crippen LogP contribution in [-0.2, 0) is 0 Å². The molecule has 0 amide bonds. The van der Waals surface area contributed by atoms with Crippen LogP contribution in [0.1, 0.15) is 38.7 Å². The third-order valence-electron chi connectivity index (χ3n) is 3.62. The lowest BCUT2D eigenvalue weighted by atomic mass is 10.1. The standard InChI is InChI=1S/C16H25NO2/c1-16(2,3)17-10-12-8-15(12)11-6-13(18-4)9-14(7-11)19-5/h6-7,9,12,15,17H,8,10H2,1-5H3. The SMILES string of the molecule is COc1cc(OC)cc(C2CC2CNC(C)(C)C)c1. The van der Waals surface area contributed by atoms with Gasteiger partial charge in [-0.05, 0) is 63.3 Å². The molecule has 1 aliphatic carbocycles. The maximum atomic E-state index is 5.33. The summed E-state index contributed by atoms with van der Waals surface area (Å²) in [5.41, 5.74) is 1.52. The van der Waals surface area contributed by atoms with Gasteiger partial charge >= 0.3 is 0 Å². The predicted molar refractivity (Wildman–Crippen MR) is 78.1 cm³/mol. The van der Waals surface area contributed by atoms with E-state index >= 15 is 0 Å². The third kappa shape index (κ3) is 3.87. The largest absolute Gasteiger partial charge is 0.497 e. The first-order valence-electron chi connectivity index (χ1n) is 6.91. The average Bonchev–Trinajstić information content (AvgIpc) is 3.14. The zero-order valence-electron chi connectivity index (χ0n) is 12.6. The van der Waals surface area contributed by atoms with Crippen LogP contribution in [0.25, 0.3) is 0 Å². The van der Waals surface area contributed by atoms with Gasteiger partial charge in [0.25, 0.3) is 0 Å². The van der Waals surface area contributed by atoms with Gasteiger partial charge in [0.1, 0.15) is 11.5 Å². The minimum Gasteiger partial charge on any atom is -0.497 e. The van der Waals surface area contributed by atoms with Crippen LogP contribution in [0.5, 0.6) is 11.5 Å². The Morgan fingerprint density at radius 1 is 1.11 bits per heavy atom. The first-order chi connectivity index (χ1) is 8.93. The summed E-state index contributed by atoms with van der Waals surface area (Å²) in [6, 6.07) is 6.18. The molecule has 0 bridgehead atoms. The van der Waals surface area contributed by atoms with Crippen molar-refractivity contribution in [3.8, 4) is 11.5 Å². The fourth-order valence-electron chi connectivity index (χ4n) is 2.36.